The summed E-state index contributed by atoms with van der Waals surface area (Å²) in [5.41, 5.74) is 4.82. The maximum atomic E-state index is 11.3. The highest BCUT2D eigenvalue weighted by molar-refractivity contribution is 6.01. The second-order valence-electron chi connectivity index (χ2n) is 7.84. The predicted molar refractivity (Wildman–Crippen MR) is 128 cm³/mol. The van der Waals surface area contributed by atoms with Crippen LogP contribution >= 0.6 is 0 Å². The Morgan fingerprint density at radius 1 is 0.844 bits per heavy atom. The summed E-state index contributed by atoms with van der Waals surface area (Å²) in [5.74, 6) is 2.44. The Hall–Kier alpha value is -3.47. The first kappa shape index (κ1) is 21.8. The fraction of sp³-hybridized carbons (Fsp3) is 0.296. The number of aromatic amines is 1. The number of H-pyrrole nitrogens is 1. The number of carbonyl (C=O) groups is 1. The zero-order valence-corrected chi connectivity index (χ0v) is 18.6. The summed E-state index contributed by atoms with van der Waals surface area (Å²) >= 11 is 0. The van der Waals surface area contributed by atoms with Gasteiger partial charge in [-0.2, -0.15) is 0 Å². The molecule has 0 saturated carbocycles. The van der Waals surface area contributed by atoms with E-state index in [1.165, 1.54) is 0 Å². The summed E-state index contributed by atoms with van der Waals surface area (Å²) in [7, 11) is 0. The van der Waals surface area contributed by atoms with Crippen molar-refractivity contribution >= 4 is 17.4 Å². The lowest BCUT2D eigenvalue weighted by molar-refractivity contribution is 0.111. The molecule has 5 heteroatoms. The van der Waals surface area contributed by atoms with E-state index in [9.17, 15) is 4.79 Å². The third-order valence-electron chi connectivity index (χ3n) is 5.41. The summed E-state index contributed by atoms with van der Waals surface area (Å²) < 4.78 is 17.8. The summed E-state index contributed by atoms with van der Waals surface area (Å²) in [4.78, 5) is 14.5. The monoisotopic (exact) mass is 431 g/mol. The van der Waals surface area contributed by atoms with Crippen LogP contribution in [0.5, 0.6) is 11.5 Å². The molecule has 0 unspecified atom stereocenters. The van der Waals surface area contributed by atoms with Gasteiger partial charge in [-0.3, -0.25) is 4.79 Å². The molecule has 166 valence electrons. The Morgan fingerprint density at radius 3 is 1.94 bits per heavy atom. The lowest BCUT2D eigenvalue weighted by atomic mass is 10.0. The van der Waals surface area contributed by atoms with Gasteiger partial charge < -0.3 is 18.9 Å². The molecule has 2 aromatic heterocycles. The van der Waals surface area contributed by atoms with Crippen LogP contribution in [-0.2, 0) is 0 Å². The molecule has 2 heterocycles. The Labute approximate surface area is 188 Å². The quantitative estimate of drug-likeness (QED) is 0.200. The van der Waals surface area contributed by atoms with Crippen LogP contribution in [0.2, 0.25) is 0 Å². The zero-order chi connectivity index (χ0) is 22.3. The lowest BCUT2D eigenvalue weighted by Gasteiger charge is -2.09. The van der Waals surface area contributed by atoms with Crippen molar-refractivity contribution in [1.82, 2.24) is 4.98 Å². The largest absolute Gasteiger partial charge is 0.494 e. The van der Waals surface area contributed by atoms with Crippen molar-refractivity contribution < 1.29 is 18.7 Å². The number of rotatable bonds is 11. The van der Waals surface area contributed by atoms with Crippen LogP contribution in [0.25, 0.3) is 33.6 Å². The van der Waals surface area contributed by atoms with Gasteiger partial charge in [-0.25, -0.2) is 0 Å². The topological polar surface area (TPSA) is 64.5 Å². The number of carbonyl (C=O) groups excluding carboxylic acids is 1. The summed E-state index contributed by atoms with van der Waals surface area (Å²) in [5, 5.41) is 0. The fourth-order valence-corrected chi connectivity index (χ4v) is 3.63. The van der Waals surface area contributed by atoms with Gasteiger partial charge in [0.2, 0.25) is 0 Å². The molecular weight excluding hydrogens is 402 g/mol. The highest BCUT2D eigenvalue weighted by Crippen LogP contribution is 2.41. The van der Waals surface area contributed by atoms with Gasteiger partial charge in [-0.15, -0.1) is 0 Å². The Bertz CT molecular complexity index is 1150. The molecule has 0 fully saturated rings. The smallest absolute Gasteiger partial charge is 0.166 e. The summed E-state index contributed by atoms with van der Waals surface area (Å²) in [6.45, 7) is 5.72. The van der Waals surface area contributed by atoms with Gasteiger partial charge in [-0.1, -0.05) is 38.8 Å². The van der Waals surface area contributed by atoms with Gasteiger partial charge in [-0.05, 0) is 54.8 Å². The summed E-state index contributed by atoms with van der Waals surface area (Å²) in [6, 6.07) is 17.7. The molecule has 4 rings (SSSR count). The Morgan fingerprint density at radius 2 is 1.41 bits per heavy atom. The SMILES string of the molecule is CCCCOc1ccc(-c2oc3cc(C=O)[nH]c3c2-c2ccc(OCCCC)cc2)cc1. The second-order valence-corrected chi connectivity index (χ2v) is 7.84. The van der Waals surface area contributed by atoms with Crippen LogP contribution in [0, 0.1) is 0 Å². The van der Waals surface area contributed by atoms with Crippen molar-refractivity contribution in [3.8, 4) is 33.9 Å². The third-order valence-corrected chi connectivity index (χ3v) is 5.41. The maximum Gasteiger partial charge on any atom is 0.166 e. The van der Waals surface area contributed by atoms with Crippen LogP contribution in [0.3, 0.4) is 0 Å². The molecule has 0 atom stereocenters. The highest BCUT2D eigenvalue weighted by Gasteiger charge is 2.20. The van der Waals surface area contributed by atoms with Gasteiger partial charge in [0, 0.05) is 11.6 Å². The first-order valence-corrected chi connectivity index (χ1v) is 11.3. The lowest BCUT2D eigenvalue weighted by Crippen LogP contribution is -1.96. The number of benzene rings is 2. The molecule has 0 aliphatic heterocycles. The third kappa shape index (κ3) is 4.72. The average Bonchev–Trinajstić information content (AvgIpc) is 3.38. The van der Waals surface area contributed by atoms with Crippen molar-refractivity contribution in [3.05, 3.63) is 60.3 Å². The van der Waals surface area contributed by atoms with E-state index in [4.69, 9.17) is 13.9 Å². The van der Waals surface area contributed by atoms with E-state index in [1.54, 1.807) is 6.07 Å². The first-order valence-electron chi connectivity index (χ1n) is 11.3. The van der Waals surface area contributed by atoms with Crippen molar-refractivity contribution in [1.29, 1.82) is 0 Å². The zero-order valence-electron chi connectivity index (χ0n) is 18.6. The van der Waals surface area contributed by atoms with Gasteiger partial charge in [0.1, 0.15) is 17.3 Å². The second kappa shape index (κ2) is 10.2. The minimum atomic E-state index is 0.491. The number of hydrogen-bond donors (Lipinski definition) is 1. The normalized spacial score (nSPS) is 11.1. The minimum absolute atomic E-state index is 0.491. The number of ether oxygens (including phenoxy) is 2. The Balaban J connectivity index is 1.68. The van der Waals surface area contributed by atoms with Gasteiger partial charge in [0.25, 0.3) is 0 Å². The minimum Gasteiger partial charge on any atom is -0.494 e. The maximum absolute atomic E-state index is 11.3. The van der Waals surface area contributed by atoms with Crippen LogP contribution in [0.1, 0.15) is 50.0 Å². The van der Waals surface area contributed by atoms with Crippen molar-refractivity contribution in [2.75, 3.05) is 13.2 Å². The number of furan rings is 1. The molecule has 32 heavy (non-hydrogen) atoms. The number of aldehydes is 1. The number of fused-ring (bicyclic) bond motifs is 1. The van der Waals surface area contributed by atoms with Crippen molar-refractivity contribution in [3.63, 3.8) is 0 Å². The van der Waals surface area contributed by atoms with E-state index in [2.05, 4.69) is 18.8 Å². The molecule has 0 aliphatic rings. The van der Waals surface area contributed by atoms with Gasteiger partial charge in [0.05, 0.1) is 30.0 Å². The molecule has 0 amide bonds. The van der Waals surface area contributed by atoms with E-state index >= 15 is 0 Å². The van der Waals surface area contributed by atoms with Crippen LogP contribution in [-0.4, -0.2) is 24.5 Å². The average molecular weight is 432 g/mol. The molecule has 0 bridgehead atoms. The molecule has 0 saturated heterocycles. The van der Waals surface area contributed by atoms with E-state index in [1.807, 2.05) is 48.5 Å². The number of aromatic nitrogens is 1. The van der Waals surface area contributed by atoms with E-state index in [-0.39, 0.29) is 0 Å². The van der Waals surface area contributed by atoms with Crippen molar-refractivity contribution in [2.45, 2.75) is 39.5 Å². The number of nitrogens with one attached hydrogen (secondary N) is 1. The standard InChI is InChI=1S/C27H29NO4/c1-3-5-15-30-22-11-7-19(8-12-22)25-26-24(17-21(18-29)28-26)32-27(25)20-9-13-23(14-10-20)31-16-6-4-2/h7-14,17-18,28H,3-6,15-16H2,1-2H3. The van der Waals surface area contributed by atoms with Gasteiger partial charge >= 0.3 is 0 Å². The molecule has 0 spiro atoms. The molecule has 0 aliphatic carbocycles. The molecule has 1 N–H and O–H groups in total. The number of hydrogen-bond acceptors (Lipinski definition) is 4. The molecule has 4 aromatic rings. The molecule has 0 radical (unpaired) electrons. The first-order chi connectivity index (χ1) is 15.7. The Kier molecular flexibility index (Phi) is 6.95. The van der Waals surface area contributed by atoms with Crippen LogP contribution in [0.15, 0.2) is 59.0 Å². The summed E-state index contributed by atoms with van der Waals surface area (Å²) in [6.07, 6.45) is 5.06. The highest BCUT2D eigenvalue weighted by atomic mass is 16.5. The predicted octanol–water partition coefficient (Wildman–Crippen LogP) is 7.27. The van der Waals surface area contributed by atoms with Gasteiger partial charge in [0.15, 0.2) is 11.9 Å². The number of unbranched alkanes of at least 4 members (excludes halogenated alkanes) is 2. The van der Waals surface area contributed by atoms with Crippen molar-refractivity contribution in [2.24, 2.45) is 0 Å². The van der Waals surface area contributed by atoms with Crippen LogP contribution < -0.4 is 9.47 Å². The van der Waals surface area contributed by atoms with Crippen LogP contribution in [0.4, 0.5) is 0 Å². The molecular formula is C27H29NO4. The van der Waals surface area contributed by atoms with E-state index in [0.717, 1.165) is 71.4 Å². The van der Waals surface area contributed by atoms with E-state index < -0.39 is 0 Å². The molecule has 5 nitrogen and oxygen atoms in total. The van der Waals surface area contributed by atoms with E-state index in [0.29, 0.717) is 24.5 Å². The fourth-order valence-electron chi connectivity index (χ4n) is 3.63. The molecule has 2 aromatic carbocycles.